The van der Waals surface area contributed by atoms with Gasteiger partial charge in [0.25, 0.3) is 0 Å². The van der Waals surface area contributed by atoms with Crippen LogP contribution in [0.5, 0.6) is 17.4 Å². The van der Waals surface area contributed by atoms with Gasteiger partial charge in [0.2, 0.25) is 5.88 Å². The highest BCUT2D eigenvalue weighted by atomic mass is 16.5. The van der Waals surface area contributed by atoms with E-state index in [1.165, 1.54) is 12.8 Å². The van der Waals surface area contributed by atoms with Gasteiger partial charge in [-0.15, -0.1) is 0 Å². The maximum Gasteiger partial charge on any atom is 0.213 e. The predicted molar refractivity (Wildman–Crippen MR) is 115 cm³/mol. The lowest BCUT2D eigenvalue weighted by molar-refractivity contribution is 0.201. The van der Waals surface area contributed by atoms with Gasteiger partial charge in [0.05, 0.1) is 20.8 Å². The van der Waals surface area contributed by atoms with Crippen molar-refractivity contribution in [2.45, 2.75) is 45.3 Å². The number of hydrogen-bond donors (Lipinski definition) is 2. The Hall–Kier alpha value is -2.96. The summed E-state index contributed by atoms with van der Waals surface area (Å²) in [7, 11) is 3.24. The third-order valence-electron chi connectivity index (χ3n) is 4.80. The van der Waals surface area contributed by atoms with E-state index in [1.807, 2.05) is 43.5 Å². The molecular weight excluding hydrogens is 368 g/mol. The van der Waals surface area contributed by atoms with E-state index in [2.05, 4.69) is 20.6 Å². The van der Waals surface area contributed by atoms with Gasteiger partial charge in [0.15, 0.2) is 17.5 Å². The van der Waals surface area contributed by atoms with E-state index in [0.29, 0.717) is 36.0 Å². The lowest BCUT2D eigenvalue weighted by Crippen LogP contribution is -2.30. The molecule has 1 aromatic heterocycles. The number of aromatic nitrogens is 1. The van der Waals surface area contributed by atoms with E-state index < -0.39 is 0 Å². The summed E-state index contributed by atoms with van der Waals surface area (Å²) < 4.78 is 16.6. The lowest BCUT2D eigenvalue weighted by Gasteiger charge is -2.14. The molecule has 3 rings (SSSR count). The van der Waals surface area contributed by atoms with Gasteiger partial charge in [0, 0.05) is 30.6 Å². The number of nitrogens with zero attached hydrogens (tertiary/aromatic N) is 2. The van der Waals surface area contributed by atoms with Crippen LogP contribution in [0.1, 0.15) is 38.2 Å². The van der Waals surface area contributed by atoms with Crippen molar-refractivity contribution < 1.29 is 14.2 Å². The molecule has 0 saturated heterocycles. The molecule has 0 radical (unpaired) electrons. The first-order chi connectivity index (χ1) is 14.2. The van der Waals surface area contributed by atoms with Crippen LogP contribution < -0.4 is 24.8 Å². The molecule has 0 amide bonds. The highest BCUT2D eigenvalue weighted by Gasteiger charge is 2.16. The Bertz CT molecular complexity index is 802. The number of hydrogen-bond acceptors (Lipinski definition) is 5. The zero-order valence-electron chi connectivity index (χ0n) is 17.4. The van der Waals surface area contributed by atoms with Crippen LogP contribution in [-0.4, -0.2) is 37.8 Å². The van der Waals surface area contributed by atoms with Gasteiger partial charge in [-0.3, -0.25) is 0 Å². The lowest BCUT2D eigenvalue weighted by atomic mass is 10.2. The van der Waals surface area contributed by atoms with Crippen molar-refractivity contribution in [1.29, 1.82) is 0 Å². The van der Waals surface area contributed by atoms with Gasteiger partial charge >= 0.3 is 0 Å². The molecule has 0 spiro atoms. The normalized spacial score (nSPS) is 14.5. The molecule has 7 nitrogen and oxygen atoms in total. The average Bonchev–Trinajstić information content (AvgIpc) is 3.26. The Kier molecular flexibility index (Phi) is 7.55. The number of nitrogens with one attached hydrogen (secondary N) is 2. The van der Waals surface area contributed by atoms with Gasteiger partial charge in [-0.25, -0.2) is 9.98 Å². The van der Waals surface area contributed by atoms with Gasteiger partial charge < -0.3 is 24.8 Å². The minimum Gasteiger partial charge on any atom is -0.493 e. The summed E-state index contributed by atoms with van der Waals surface area (Å²) in [5.74, 6) is 2.73. The summed E-state index contributed by atoms with van der Waals surface area (Å²) in [6, 6.07) is 9.60. The Balaban J connectivity index is 1.62. The Morgan fingerprint density at radius 2 is 1.90 bits per heavy atom. The molecule has 0 atom stereocenters. The third-order valence-corrected chi connectivity index (χ3v) is 4.80. The monoisotopic (exact) mass is 398 g/mol. The predicted octanol–water partition coefficient (Wildman–Crippen LogP) is 4.00. The highest BCUT2D eigenvalue weighted by molar-refractivity contribution is 5.93. The summed E-state index contributed by atoms with van der Waals surface area (Å²) in [6.07, 6.45) is 6.89. The Labute approximate surface area is 172 Å². The Morgan fingerprint density at radius 3 is 2.55 bits per heavy atom. The van der Waals surface area contributed by atoms with Crippen LogP contribution in [0.2, 0.25) is 0 Å². The summed E-state index contributed by atoms with van der Waals surface area (Å²) in [6.45, 7) is 3.30. The van der Waals surface area contributed by atoms with Gasteiger partial charge in [-0.1, -0.05) is 6.07 Å². The van der Waals surface area contributed by atoms with Crippen molar-refractivity contribution in [3.8, 4) is 17.4 Å². The minimum absolute atomic E-state index is 0.317. The maximum absolute atomic E-state index is 5.92. The van der Waals surface area contributed by atoms with E-state index in [-0.39, 0.29) is 0 Å². The summed E-state index contributed by atoms with van der Waals surface area (Å²) in [5.41, 5.74) is 1.88. The number of benzene rings is 1. The maximum atomic E-state index is 5.92. The average molecular weight is 399 g/mol. The molecular formula is C22H30N4O3. The van der Waals surface area contributed by atoms with Crippen LogP contribution in [0.3, 0.4) is 0 Å². The van der Waals surface area contributed by atoms with Crippen molar-refractivity contribution >= 4 is 11.6 Å². The number of ether oxygens (including phenoxy) is 3. The molecule has 1 heterocycles. The van der Waals surface area contributed by atoms with Crippen molar-refractivity contribution in [3.63, 3.8) is 0 Å². The molecule has 156 valence electrons. The van der Waals surface area contributed by atoms with Crippen molar-refractivity contribution in [2.75, 3.05) is 26.1 Å². The molecule has 2 N–H and O–H groups in total. The van der Waals surface area contributed by atoms with Crippen molar-refractivity contribution in [1.82, 2.24) is 10.3 Å². The van der Waals surface area contributed by atoms with E-state index in [1.54, 1.807) is 14.2 Å². The fraction of sp³-hybridized carbons (Fsp3) is 0.455. The molecule has 29 heavy (non-hydrogen) atoms. The van der Waals surface area contributed by atoms with E-state index in [0.717, 1.165) is 30.6 Å². The zero-order chi connectivity index (χ0) is 20.5. The number of pyridine rings is 1. The quantitative estimate of drug-likeness (QED) is 0.517. The van der Waals surface area contributed by atoms with Crippen molar-refractivity contribution in [3.05, 3.63) is 42.1 Å². The Morgan fingerprint density at radius 1 is 1.10 bits per heavy atom. The van der Waals surface area contributed by atoms with Crippen LogP contribution >= 0.6 is 0 Å². The number of rotatable bonds is 8. The van der Waals surface area contributed by atoms with Crippen LogP contribution in [0.15, 0.2) is 41.5 Å². The molecule has 7 heteroatoms. The summed E-state index contributed by atoms with van der Waals surface area (Å²) in [4.78, 5) is 9.08. The van der Waals surface area contributed by atoms with Crippen LogP contribution in [0, 0.1) is 0 Å². The first-order valence-electron chi connectivity index (χ1n) is 10.1. The second-order valence-corrected chi connectivity index (χ2v) is 6.92. The van der Waals surface area contributed by atoms with E-state index >= 15 is 0 Å². The van der Waals surface area contributed by atoms with Gasteiger partial charge in [-0.05, 0) is 50.3 Å². The highest BCUT2D eigenvalue weighted by Crippen LogP contribution is 2.29. The second kappa shape index (κ2) is 10.5. The fourth-order valence-corrected chi connectivity index (χ4v) is 3.28. The molecule has 1 fully saturated rings. The largest absolute Gasteiger partial charge is 0.493 e. The molecule has 1 aliphatic rings. The first kappa shape index (κ1) is 20.8. The summed E-state index contributed by atoms with van der Waals surface area (Å²) in [5, 5.41) is 6.54. The first-order valence-corrected chi connectivity index (χ1v) is 10.1. The second-order valence-electron chi connectivity index (χ2n) is 6.92. The standard InChI is InChI=1S/C22H30N4O3/c1-4-23-22(26-17-10-11-19(27-2)20(13-17)28-3)25-15-16-9-12-21(24-14-16)29-18-7-5-6-8-18/h9-14,18H,4-8,15H2,1-3H3,(H2,23,25,26). The van der Waals surface area contributed by atoms with Crippen LogP contribution in [-0.2, 0) is 6.54 Å². The molecule has 1 saturated carbocycles. The zero-order valence-corrected chi connectivity index (χ0v) is 17.4. The number of anilines is 1. The minimum atomic E-state index is 0.317. The summed E-state index contributed by atoms with van der Waals surface area (Å²) >= 11 is 0. The number of methoxy groups -OCH3 is 2. The third kappa shape index (κ3) is 6.01. The number of aliphatic imine (C=N–C) groups is 1. The molecule has 1 aliphatic carbocycles. The molecule has 0 unspecified atom stereocenters. The molecule has 1 aromatic carbocycles. The fourth-order valence-electron chi connectivity index (χ4n) is 3.28. The topological polar surface area (TPSA) is 77.0 Å². The van der Waals surface area contributed by atoms with E-state index in [4.69, 9.17) is 14.2 Å². The molecule has 0 bridgehead atoms. The van der Waals surface area contributed by atoms with Crippen LogP contribution in [0.4, 0.5) is 5.69 Å². The molecule has 2 aromatic rings. The molecule has 0 aliphatic heterocycles. The van der Waals surface area contributed by atoms with Gasteiger partial charge in [0.1, 0.15) is 6.10 Å². The smallest absolute Gasteiger partial charge is 0.213 e. The van der Waals surface area contributed by atoms with Crippen LogP contribution in [0.25, 0.3) is 0 Å². The number of guanidine groups is 1. The van der Waals surface area contributed by atoms with E-state index in [9.17, 15) is 0 Å². The van der Waals surface area contributed by atoms with Gasteiger partial charge in [-0.2, -0.15) is 0 Å². The SMILES string of the molecule is CCNC(=NCc1ccc(OC2CCCC2)nc1)Nc1ccc(OC)c(OC)c1. The van der Waals surface area contributed by atoms with Crippen molar-refractivity contribution in [2.24, 2.45) is 4.99 Å².